The summed E-state index contributed by atoms with van der Waals surface area (Å²) in [6.45, 7) is 0.669. The van der Waals surface area contributed by atoms with Crippen LogP contribution in [0.1, 0.15) is 13.3 Å². The molecule has 0 saturated heterocycles. The van der Waals surface area contributed by atoms with Crippen molar-refractivity contribution < 1.29 is 30.7 Å². The van der Waals surface area contributed by atoms with E-state index in [0.717, 1.165) is 0 Å². The van der Waals surface area contributed by atoms with Crippen LogP contribution in [0.3, 0.4) is 0 Å². The van der Waals surface area contributed by atoms with Gasteiger partial charge in [0.05, 0.1) is 0 Å². The van der Waals surface area contributed by atoms with Gasteiger partial charge in [0.1, 0.15) is 0 Å². The molecular weight excluding hydrogens is 205 g/mol. The average Bonchev–Trinajstić information content (AvgIpc) is 2.18. The van der Waals surface area contributed by atoms with Gasteiger partial charge in [0.25, 0.3) is 0 Å². The number of hydrogen-bond donors (Lipinski definition) is 0. The van der Waals surface area contributed by atoms with Crippen LogP contribution in [-0.2, 0) is 0 Å². The third kappa shape index (κ3) is 0.781. The van der Waals surface area contributed by atoms with E-state index in [2.05, 4.69) is 0 Å². The molecular formula is C6H5F7. The Kier molecular flexibility index (Phi) is 1.72. The molecule has 13 heavy (non-hydrogen) atoms. The molecule has 0 aromatic rings. The summed E-state index contributed by atoms with van der Waals surface area (Å²) in [6.07, 6.45) is -6.90. The summed E-state index contributed by atoms with van der Waals surface area (Å²) < 4.78 is 84.8. The molecule has 0 bridgehead atoms. The SMILES string of the molecule is CCC1(C(F)(F)F)C(F)(F)C1(F)F. The van der Waals surface area contributed by atoms with Crippen LogP contribution < -0.4 is 0 Å². The van der Waals surface area contributed by atoms with Crippen molar-refractivity contribution in [3.05, 3.63) is 0 Å². The number of alkyl halides is 7. The van der Waals surface area contributed by atoms with Crippen molar-refractivity contribution in [3.8, 4) is 0 Å². The molecule has 1 saturated carbocycles. The van der Waals surface area contributed by atoms with Gasteiger partial charge in [-0.1, -0.05) is 6.92 Å². The van der Waals surface area contributed by atoms with E-state index < -0.39 is 29.9 Å². The van der Waals surface area contributed by atoms with Gasteiger partial charge in [-0.2, -0.15) is 30.7 Å². The smallest absolute Gasteiger partial charge is 0.199 e. The van der Waals surface area contributed by atoms with E-state index in [1.807, 2.05) is 0 Å². The fraction of sp³-hybridized carbons (Fsp3) is 1.00. The first kappa shape index (κ1) is 10.6. The van der Waals surface area contributed by atoms with Crippen LogP contribution in [0.25, 0.3) is 0 Å². The Morgan fingerprint density at radius 2 is 1.23 bits per heavy atom. The molecule has 1 aliphatic carbocycles. The Morgan fingerprint density at radius 1 is 0.923 bits per heavy atom. The molecule has 0 amide bonds. The van der Waals surface area contributed by atoms with Crippen LogP contribution in [0, 0.1) is 5.41 Å². The van der Waals surface area contributed by atoms with Crippen LogP contribution in [0.15, 0.2) is 0 Å². The zero-order chi connectivity index (χ0) is 10.7. The fourth-order valence-electron chi connectivity index (χ4n) is 1.47. The highest BCUT2D eigenvalue weighted by molar-refractivity contribution is 5.28. The molecule has 0 aliphatic heterocycles. The third-order valence-corrected chi connectivity index (χ3v) is 2.42. The minimum Gasteiger partial charge on any atom is -0.199 e. The van der Waals surface area contributed by atoms with Crippen molar-refractivity contribution in [2.75, 3.05) is 0 Å². The van der Waals surface area contributed by atoms with Gasteiger partial charge in [-0.05, 0) is 6.42 Å². The monoisotopic (exact) mass is 210 g/mol. The van der Waals surface area contributed by atoms with Crippen molar-refractivity contribution >= 4 is 0 Å². The van der Waals surface area contributed by atoms with Gasteiger partial charge in [0.15, 0.2) is 0 Å². The zero-order valence-electron chi connectivity index (χ0n) is 6.35. The summed E-state index contributed by atoms with van der Waals surface area (Å²) in [6, 6.07) is 0. The minimum atomic E-state index is -5.57. The molecule has 7 heteroatoms. The summed E-state index contributed by atoms with van der Waals surface area (Å²) in [5.74, 6) is -9.93. The summed E-state index contributed by atoms with van der Waals surface area (Å²) in [5.41, 5.74) is -4.15. The Morgan fingerprint density at radius 3 is 1.23 bits per heavy atom. The maximum atomic E-state index is 12.3. The van der Waals surface area contributed by atoms with Crippen LogP contribution >= 0.6 is 0 Å². The summed E-state index contributed by atoms with van der Waals surface area (Å²) in [7, 11) is 0. The minimum absolute atomic E-state index is 0.669. The molecule has 1 fully saturated rings. The summed E-state index contributed by atoms with van der Waals surface area (Å²) >= 11 is 0. The van der Waals surface area contributed by atoms with Gasteiger partial charge >= 0.3 is 18.0 Å². The number of halogens is 7. The quantitative estimate of drug-likeness (QED) is 0.583. The first-order valence-electron chi connectivity index (χ1n) is 3.38. The van der Waals surface area contributed by atoms with E-state index in [1.165, 1.54) is 0 Å². The second-order valence-corrected chi connectivity index (χ2v) is 2.91. The summed E-state index contributed by atoms with van der Waals surface area (Å²) in [5, 5.41) is 0. The molecule has 0 unspecified atom stereocenters. The zero-order valence-corrected chi connectivity index (χ0v) is 6.35. The molecule has 0 nitrogen and oxygen atoms in total. The molecule has 1 rings (SSSR count). The largest absolute Gasteiger partial charge is 0.406 e. The van der Waals surface area contributed by atoms with Gasteiger partial charge in [0, 0.05) is 0 Å². The van der Waals surface area contributed by atoms with Crippen LogP contribution in [-0.4, -0.2) is 18.0 Å². The first-order valence-corrected chi connectivity index (χ1v) is 3.38. The van der Waals surface area contributed by atoms with E-state index in [-0.39, 0.29) is 0 Å². The second-order valence-electron chi connectivity index (χ2n) is 2.91. The van der Waals surface area contributed by atoms with Gasteiger partial charge in [0.2, 0.25) is 5.41 Å². The van der Waals surface area contributed by atoms with Crippen molar-refractivity contribution in [3.63, 3.8) is 0 Å². The lowest BCUT2D eigenvalue weighted by molar-refractivity contribution is -0.222. The molecule has 0 N–H and O–H groups in total. The van der Waals surface area contributed by atoms with Crippen molar-refractivity contribution in [2.24, 2.45) is 5.41 Å². The number of rotatable bonds is 1. The summed E-state index contributed by atoms with van der Waals surface area (Å²) in [4.78, 5) is 0. The Bertz CT molecular complexity index is 212. The Hall–Kier alpha value is -0.490. The predicted octanol–water partition coefficient (Wildman–Crippen LogP) is 3.23. The van der Waals surface area contributed by atoms with Crippen molar-refractivity contribution in [2.45, 2.75) is 31.4 Å². The average molecular weight is 210 g/mol. The highest BCUT2D eigenvalue weighted by Crippen LogP contribution is 2.79. The van der Waals surface area contributed by atoms with Crippen LogP contribution in [0.2, 0.25) is 0 Å². The standard InChI is InChI=1S/C6H5F7/c1-2-3(6(11,12)13)4(7,8)5(3,9)10/h2H2,1H3. The van der Waals surface area contributed by atoms with E-state index >= 15 is 0 Å². The molecule has 0 heterocycles. The van der Waals surface area contributed by atoms with Crippen LogP contribution in [0.5, 0.6) is 0 Å². The first-order chi connectivity index (χ1) is 5.56. The fourth-order valence-corrected chi connectivity index (χ4v) is 1.47. The second kappa shape index (κ2) is 2.12. The molecule has 0 spiro atoms. The maximum Gasteiger partial charge on any atom is 0.406 e. The molecule has 0 radical (unpaired) electrons. The van der Waals surface area contributed by atoms with Crippen LogP contribution in [0.4, 0.5) is 30.7 Å². The molecule has 78 valence electrons. The molecule has 0 aromatic heterocycles. The highest BCUT2D eigenvalue weighted by atomic mass is 19.4. The van der Waals surface area contributed by atoms with E-state index in [4.69, 9.17) is 0 Å². The molecule has 0 atom stereocenters. The Balaban J connectivity index is 3.16. The molecule has 1 aliphatic rings. The van der Waals surface area contributed by atoms with Gasteiger partial charge in [-0.25, -0.2) is 0 Å². The lowest BCUT2D eigenvalue weighted by Crippen LogP contribution is -2.31. The highest BCUT2D eigenvalue weighted by Gasteiger charge is 3.03. The maximum absolute atomic E-state index is 12.3. The van der Waals surface area contributed by atoms with E-state index in [1.54, 1.807) is 0 Å². The van der Waals surface area contributed by atoms with Gasteiger partial charge in [-0.15, -0.1) is 0 Å². The predicted molar refractivity (Wildman–Crippen MR) is 28.7 cm³/mol. The third-order valence-electron chi connectivity index (χ3n) is 2.42. The normalized spacial score (nSPS) is 28.6. The topological polar surface area (TPSA) is 0 Å². The van der Waals surface area contributed by atoms with Crippen molar-refractivity contribution in [1.82, 2.24) is 0 Å². The molecule has 0 aromatic carbocycles. The number of hydrogen-bond acceptors (Lipinski definition) is 0. The van der Waals surface area contributed by atoms with E-state index in [0.29, 0.717) is 6.92 Å². The van der Waals surface area contributed by atoms with Gasteiger partial charge in [-0.3, -0.25) is 0 Å². The lowest BCUT2D eigenvalue weighted by Gasteiger charge is -2.16. The van der Waals surface area contributed by atoms with Crippen molar-refractivity contribution in [1.29, 1.82) is 0 Å². The Labute approximate surface area is 68.7 Å². The van der Waals surface area contributed by atoms with E-state index in [9.17, 15) is 30.7 Å². The lowest BCUT2D eigenvalue weighted by atomic mass is 10.0. The van der Waals surface area contributed by atoms with Gasteiger partial charge < -0.3 is 0 Å².